The molecule has 0 unspecified atom stereocenters. The highest BCUT2D eigenvalue weighted by molar-refractivity contribution is 7.16. The molecule has 0 saturated carbocycles. The molecule has 118 valence electrons. The SMILES string of the molecule is CN(Cc1ccc(Cl)s1)C(=O)CCNC(=O)OC(C)(C)C. The highest BCUT2D eigenvalue weighted by atomic mass is 35.5. The molecule has 21 heavy (non-hydrogen) atoms. The summed E-state index contributed by atoms with van der Waals surface area (Å²) in [4.78, 5) is 26.0. The number of alkyl carbamates (subject to hydrolysis) is 1. The molecule has 0 aliphatic heterocycles. The highest BCUT2D eigenvalue weighted by Crippen LogP contribution is 2.22. The maximum Gasteiger partial charge on any atom is 0.407 e. The van der Waals surface area contributed by atoms with Crippen molar-refractivity contribution in [2.45, 2.75) is 39.3 Å². The molecule has 7 heteroatoms. The van der Waals surface area contributed by atoms with Gasteiger partial charge in [0, 0.05) is 24.9 Å². The summed E-state index contributed by atoms with van der Waals surface area (Å²) in [6, 6.07) is 3.71. The zero-order valence-corrected chi connectivity index (χ0v) is 14.3. The van der Waals surface area contributed by atoms with E-state index in [-0.39, 0.29) is 18.9 Å². The van der Waals surface area contributed by atoms with Gasteiger partial charge in [0.2, 0.25) is 5.91 Å². The molecule has 1 N–H and O–H groups in total. The van der Waals surface area contributed by atoms with Crippen LogP contribution in [0.15, 0.2) is 12.1 Å². The van der Waals surface area contributed by atoms with Crippen LogP contribution >= 0.6 is 22.9 Å². The van der Waals surface area contributed by atoms with E-state index in [1.54, 1.807) is 32.7 Å². The van der Waals surface area contributed by atoms with Gasteiger partial charge in [0.1, 0.15) is 5.60 Å². The smallest absolute Gasteiger partial charge is 0.407 e. The Hall–Kier alpha value is -1.27. The van der Waals surface area contributed by atoms with E-state index < -0.39 is 11.7 Å². The largest absolute Gasteiger partial charge is 0.444 e. The average molecular weight is 333 g/mol. The van der Waals surface area contributed by atoms with E-state index in [0.29, 0.717) is 10.9 Å². The number of ether oxygens (including phenoxy) is 1. The van der Waals surface area contributed by atoms with Crippen LogP contribution in [0.4, 0.5) is 4.79 Å². The lowest BCUT2D eigenvalue weighted by atomic mass is 10.2. The molecule has 1 aromatic heterocycles. The van der Waals surface area contributed by atoms with Gasteiger partial charge in [-0.25, -0.2) is 4.79 Å². The van der Waals surface area contributed by atoms with Gasteiger partial charge >= 0.3 is 6.09 Å². The number of carbonyl (C=O) groups excluding carboxylic acids is 2. The van der Waals surface area contributed by atoms with Crippen molar-refractivity contribution in [3.8, 4) is 0 Å². The van der Waals surface area contributed by atoms with Crippen molar-refractivity contribution >= 4 is 34.9 Å². The van der Waals surface area contributed by atoms with Crippen LogP contribution in [-0.2, 0) is 16.1 Å². The summed E-state index contributed by atoms with van der Waals surface area (Å²) in [6.07, 6.45) is -0.280. The zero-order chi connectivity index (χ0) is 16.0. The summed E-state index contributed by atoms with van der Waals surface area (Å²) in [7, 11) is 1.73. The Bertz CT molecular complexity index is 497. The molecular weight excluding hydrogens is 312 g/mol. The normalized spacial score (nSPS) is 11.1. The Balaban J connectivity index is 2.28. The van der Waals surface area contributed by atoms with Crippen LogP contribution in [0.5, 0.6) is 0 Å². The molecule has 0 aliphatic carbocycles. The van der Waals surface area contributed by atoms with E-state index >= 15 is 0 Å². The van der Waals surface area contributed by atoms with Crippen LogP contribution in [-0.4, -0.2) is 36.1 Å². The molecule has 2 amide bonds. The number of amides is 2. The lowest BCUT2D eigenvalue weighted by Crippen LogP contribution is -2.35. The van der Waals surface area contributed by atoms with E-state index in [9.17, 15) is 9.59 Å². The Labute approximate surface area is 134 Å². The van der Waals surface area contributed by atoms with Crippen molar-refractivity contribution in [2.24, 2.45) is 0 Å². The molecule has 0 spiro atoms. The third-order valence-corrected chi connectivity index (χ3v) is 3.67. The first-order valence-electron chi connectivity index (χ1n) is 6.62. The Kier molecular flexibility index (Phi) is 6.48. The number of hydrogen-bond acceptors (Lipinski definition) is 4. The molecule has 0 radical (unpaired) electrons. The molecule has 0 fully saturated rings. The molecular formula is C14H21ClN2O3S. The topological polar surface area (TPSA) is 58.6 Å². The van der Waals surface area contributed by atoms with Crippen molar-refractivity contribution < 1.29 is 14.3 Å². The van der Waals surface area contributed by atoms with Crippen molar-refractivity contribution in [1.29, 1.82) is 0 Å². The van der Waals surface area contributed by atoms with Crippen molar-refractivity contribution in [3.63, 3.8) is 0 Å². The third kappa shape index (κ3) is 7.34. The predicted molar refractivity (Wildman–Crippen MR) is 84.7 cm³/mol. The minimum atomic E-state index is -0.538. The highest BCUT2D eigenvalue weighted by Gasteiger charge is 2.16. The minimum Gasteiger partial charge on any atom is -0.444 e. The maximum atomic E-state index is 11.9. The van der Waals surface area contributed by atoms with Gasteiger partial charge in [0.25, 0.3) is 0 Å². The number of hydrogen-bond donors (Lipinski definition) is 1. The van der Waals surface area contributed by atoms with Crippen LogP contribution < -0.4 is 5.32 Å². The fourth-order valence-electron chi connectivity index (χ4n) is 1.54. The molecule has 0 aliphatic rings. The van der Waals surface area contributed by atoms with E-state index in [2.05, 4.69) is 5.32 Å². The van der Waals surface area contributed by atoms with Gasteiger partial charge in [-0.1, -0.05) is 11.6 Å². The average Bonchev–Trinajstić information content (AvgIpc) is 2.72. The fourth-order valence-corrected chi connectivity index (χ4v) is 2.68. The molecule has 0 atom stereocenters. The van der Waals surface area contributed by atoms with Crippen molar-refractivity contribution in [1.82, 2.24) is 10.2 Å². The first-order chi connectivity index (χ1) is 9.67. The lowest BCUT2D eigenvalue weighted by molar-refractivity contribution is -0.130. The van der Waals surface area contributed by atoms with Crippen LogP contribution in [0.2, 0.25) is 4.34 Å². The Morgan fingerprint density at radius 3 is 2.57 bits per heavy atom. The second-order valence-electron chi connectivity index (χ2n) is 5.63. The second kappa shape index (κ2) is 7.66. The van der Waals surface area contributed by atoms with Gasteiger partial charge in [-0.05, 0) is 32.9 Å². The molecule has 0 aromatic carbocycles. The van der Waals surface area contributed by atoms with Gasteiger partial charge in [-0.15, -0.1) is 11.3 Å². The molecule has 1 rings (SSSR count). The number of nitrogens with zero attached hydrogens (tertiary/aromatic N) is 1. The van der Waals surface area contributed by atoms with Gasteiger partial charge in [-0.3, -0.25) is 4.79 Å². The summed E-state index contributed by atoms with van der Waals surface area (Å²) in [6.45, 7) is 6.14. The first kappa shape index (κ1) is 17.8. The molecule has 5 nitrogen and oxygen atoms in total. The van der Waals surface area contributed by atoms with Gasteiger partial charge in [0.05, 0.1) is 10.9 Å². The molecule has 0 saturated heterocycles. The molecule has 1 heterocycles. The summed E-state index contributed by atoms with van der Waals surface area (Å²) >= 11 is 7.30. The van der Waals surface area contributed by atoms with E-state index in [1.165, 1.54) is 11.3 Å². The zero-order valence-electron chi connectivity index (χ0n) is 12.7. The fraction of sp³-hybridized carbons (Fsp3) is 0.571. The quantitative estimate of drug-likeness (QED) is 0.900. The predicted octanol–water partition coefficient (Wildman–Crippen LogP) is 3.27. The van der Waals surface area contributed by atoms with Crippen LogP contribution in [0.3, 0.4) is 0 Å². The Morgan fingerprint density at radius 2 is 2.05 bits per heavy atom. The Morgan fingerprint density at radius 1 is 1.38 bits per heavy atom. The summed E-state index contributed by atoms with van der Waals surface area (Å²) in [5.41, 5.74) is -0.538. The summed E-state index contributed by atoms with van der Waals surface area (Å²) < 4.78 is 5.80. The number of carbonyl (C=O) groups is 2. The molecule has 1 aromatic rings. The van der Waals surface area contributed by atoms with Crippen LogP contribution in [0.1, 0.15) is 32.1 Å². The number of rotatable bonds is 5. The number of halogens is 1. The van der Waals surface area contributed by atoms with E-state index in [1.807, 2.05) is 12.1 Å². The summed E-state index contributed by atoms with van der Waals surface area (Å²) in [5, 5.41) is 2.57. The monoisotopic (exact) mass is 332 g/mol. The molecule has 0 bridgehead atoms. The van der Waals surface area contributed by atoms with Crippen molar-refractivity contribution in [3.05, 3.63) is 21.3 Å². The van der Waals surface area contributed by atoms with Crippen LogP contribution in [0, 0.1) is 0 Å². The minimum absolute atomic E-state index is 0.0458. The van der Waals surface area contributed by atoms with E-state index in [0.717, 1.165) is 4.88 Å². The van der Waals surface area contributed by atoms with E-state index in [4.69, 9.17) is 16.3 Å². The van der Waals surface area contributed by atoms with Gasteiger partial charge in [-0.2, -0.15) is 0 Å². The maximum absolute atomic E-state index is 11.9. The summed E-state index contributed by atoms with van der Waals surface area (Å²) in [5.74, 6) is -0.0458. The number of thiophene rings is 1. The van der Waals surface area contributed by atoms with Gasteiger partial charge < -0.3 is 15.0 Å². The standard InChI is InChI=1S/C14H21ClN2O3S/c1-14(2,3)20-13(19)16-8-7-12(18)17(4)9-10-5-6-11(15)21-10/h5-6H,7-9H2,1-4H3,(H,16,19). The third-order valence-electron chi connectivity index (χ3n) is 2.45. The van der Waals surface area contributed by atoms with Gasteiger partial charge in [0.15, 0.2) is 0 Å². The first-order valence-corrected chi connectivity index (χ1v) is 7.82. The van der Waals surface area contributed by atoms with Crippen LogP contribution in [0.25, 0.3) is 0 Å². The second-order valence-corrected chi connectivity index (χ2v) is 7.43. The number of nitrogens with one attached hydrogen (secondary N) is 1. The lowest BCUT2D eigenvalue weighted by Gasteiger charge is -2.20. The van der Waals surface area contributed by atoms with Crippen molar-refractivity contribution in [2.75, 3.05) is 13.6 Å².